The van der Waals surface area contributed by atoms with Crippen LogP contribution in [0.25, 0.3) is 0 Å². The second kappa shape index (κ2) is 6.35. The van der Waals surface area contributed by atoms with Crippen LogP contribution in [0.5, 0.6) is 0 Å². The zero-order valence-electron chi connectivity index (χ0n) is 11.9. The van der Waals surface area contributed by atoms with E-state index in [4.69, 9.17) is 0 Å². The summed E-state index contributed by atoms with van der Waals surface area (Å²) in [5, 5.41) is 3.59. The molecule has 100 valence electrons. The third-order valence-corrected chi connectivity index (χ3v) is 3.89. The smallest absolute Gasteiger partial charge is 0.0449 e. The Labute approximate surface area is 111 Å². The predicted molar refractivity (Wildman–Crippen MR) is 78.0 cm³/mol. The lowest BCUT2D eigenvalue weighted by Gasteiger charge is -2.28. The molecule has 0 bridgehead atoms. The standard InChI is InChI=1S/C16H26N2/c1-4-17-16(12-18(2)3)15-10-6-9-14(11-15)13-7-5-8-13/h6,9-11,13,16-17H,4-5,7-8,12H2,1-3H3. The van der Waals surface area contributed by atoms with Crippen molar-refractivity contribution >= 4 is 0 Å². The first-order valence-corrected chi connectivity index (χ1v) is 7.18. The van der Waals surface area contributed by atoms with Gasteiger partial charge in [0.05, 0.1) is 0 Å². The monoisotopic (exact) mass is 246 g/mol. The fraction of sp³-hybridized carbons (Fsp3) is 0.625. The summed E-state index contributed by atoms with van der Waals surface area (Å²) in [6.07, 6.45) is 4.16. The van der Waals surface area contributed by atoms with Gasteiger partial charge in [0.25, 0.3) is 0 Å². The first-order valence-electron chi connectivity index (χ1n) is 7.18. The van der Waals surface area contributed by atoms with Crippen molar-refractivity contribution in [3.8, 4) is 0 Å². The van der Waals surface area contributed by atoms with Crippen LogP contribution in [0.1, 0.15) is 49.3 Å². The van der Waals surface area contributed by atoms with Crippen LogP contribution in [0, 0.1) is 0 Å². The minimum atomic E-state index is 0.449. The van der Waals surface area contributed by atoms with Gasteiger partial charge in [-0.1, -0.05) is 37.6 Å². The molecule has 1 aliphatic carbocycles. The maximum Gasteiger partial charge on any atom is 0.0449 e. The highest BCUT2D eigenvalue weighted by atomic mass is 15.1. The molecule has 2 nitrogen and oxygen atoms in total. The topological polar surface area (TPSA) is 15.3 Å². The normalized spacial score (nSPS) is 17.8. The van der Waals surface area contributed by atoms with Crippen LogP contribution < -0.4 is 5.32 Å². The summed E-state index contributed by atoms with van der Waals surface area (Å²) in [7, 11) is 4.28. The maximum absolute atomic E-state index is 3.59. The van der Waals surface area contributed by atoms with Crippen molar-refractivity contribution < 1.29 is 0 Å². The van der Waals surface area contributed by atoms with Crippen molar-refractivity contribution in [1.82, 2.24) is 10.2 Å². The van der Waals surface area contributed by atoms with E-state index in [9.17, 15) is 0 Å². The molecule has 1 unspecified atom stereocenters. The molecule has 0 saturated heterocycles. The number of hydrogen-bond acceptors (Lipinski definition) is 2. The van der Waals surface area contributed by atoms with E-state index in [1.165, 1.54) is 24.8 Å². The molecule has 1 aromatic rings. The van der Waals surface area contributed by atoms with Crippen molar-refractivity contribution in [2.45, 2.75) is 38.1 Å². The zero-order valence-corrected chi connectivity index (χ0v) is 11.9. The lowest BCUT2D eigenvalue weighted by molar-refractivity contribution is 0.344. The summed E-state index contributed by atoms with van der Waals surface area (Å²) >= 11 is 0. The summed E-state index contributed by atoms with van der Waals surface area (Å²) in [6, 6.07) is 9.65. The molecule has 1 fully saturated rings. The lowest BCUT2D eigenvalue weighted by Crippen LogP contribution is -2.31. The first-order chi connectivity index (χ1) is 8.70. The van der Waals surface area contributed by atoms with Gasteiger partial charge in [0.1, 0.15) is 0 Å². The Kier molecular flexibility index (Phi) is 4.79. The van der Waals surface area contributed by atoms with E-state index in [0.717, 1.165) is 19.0 Å². The molecule has 1 aromatic carbocycles. The minimum Gasteiger partial charge on any atom is -0.309 e. The Morgan fingerprint density at radius 3 is 2.67 bits per heavy atom. The van der Waals surface area contributed by atoms with E-state index >= 15 is 0 Å². The van der Waals surface area contributed by atoms with Crippen molar-refractivity contribution in [3.63, 3.8) is 0 Å². The second-order valence-corrected chi connectivity index (χ2v) is 5.67. The molecule has 0 heterocycles. The molecule has 0 aliphatic heterocycles. The van der Waals surface area contributed by atoms with Gasteiger partial charge in [-0.25, -0.2) is 0 Å². The van der Waals surface area contributed by atoms with Crippen molar-refractivity contribution in [3.05, 3.63) is 35.4 Å². The van der Waals surface area contributed by atoms with Gasteiger partial charge < -0.3 is 10.2 Å². The Hall–Kier alpha value is -0.860. The molecule has 1 aliphatic rings. The summed E-state index contributed by atoms with van der Waals surface area (Å²) < 4.78 is 0. The Morgan fingerprint density at radius 1 is 1.33 bits per heavy atom. The highest BCUT2D eigenvalue weighted by Crippen LogP contribution is 2.36. The van der Waals surface area contributed by atoms with E-state index in [0.29, 0.717) is 6.04 Å². The predicted octanol–water partition coefficient (Wildman–Crippen LogP) is 3.17. The fourth-order valence-electron chi connectivity index (χ4n) is 2.67. The van der Waals surface area contributed by atoms with E-state index in [-0.39, 0.29) is 0 Å². The van der Waals surface area contributed by atoms with Gasteiger partial charge in [0, 0.05) is 12.6 Å². The molecule has 0 aromatic heterocycles. The van der Waals surface area contributed by atoms with Gasteiger partial charge in [-0.2, -0.15) is 0 Å². The van der Waals surface area contributed by atoms with Gasteiger partial charge in [0.15, 0.2) is 0 Å². The molecule has 1 atom stereocenters. The van der Waals surface area contributed by atoms with Gasteiger partial charge in [-0.3, -0.25) is 0 Å². The van der Waals surface area contributed by atoms with Gasteiger partial charge in [-0.15, -0.1) is 0 Å². The van der Waals surface area contributed by atoms with Gasteiger partial charge in [-0.05, 0) is 50.5 Å². The van der Waals surface area contributed by atoms with Crippen LogP contribution in [0.15, 0.2) is 24.3 Å². The van der Waals surface area contributed by atoms with Crippen LogP contribution in [0.4, 0.5) is 0 Å². The van der Waals surface area contributed by atoms with Crippen LogP contribution in [0.2, 0.25) is 0 Å². The third-order valence-electron chi connectivity index (χ3n) is 3.89. The summed E-state index contributed by atoms with van der Waals surface area (Å²) in [5.41, 5.74) is 2.98. The van der Waals surface area contributed by atoms with Crippen LogP contribution >= 0.6 is 0 Å². The van der Waals surface area contributed by atoms with Crippen molar-refractivity contribution in [2.24, 2.45) is 0 Å². The largest absolute Gasteiger partial charge is 0.309 e. The molecular formula is C16H26N2. The number of hydrogen-bond donors (Lipinski definition) is 1. The number of benzene rings is 1. The zero-order chi connectivity index (χ0) is 13.0. The van der Waals surface area contributed by atoms with Gasteiger partial charge in [0.2, 0.25) is 0 Å². The Balaban J connectivity index is 2.12. The van der Waals surface area contributed by atoms with Crippen molar-refractivity contribution in [1.29, 1.82) is 0 Å². The van der Waals surface area contributed by atoms with Crippen LogP contribution in [0.3, 0.4) is 0 Å². The Bertz CT molecular complexity index is 369. The first kappa shape index (κ1) is 13.6. The molecule has 1 saturated carbocycles. The number of nitrogens with one attached hydrogen (secondary N) is 1. The second-order valence-electron chi connectivity index (χ2n) is 5.67. The molecule has 1 N–H and O–H groups in total. The van der Waals surface area contributed by atoms with E-state index < -0.39 is 0 Å². The Morgan fingerprint density at radius 2 is 2.11 bits per heavy atom. The number of nitrogens with zero attached hydrogens (tertiary/aromatic N) is 1. The fourth-order valence-corrected chi connectivity index (χ4v) is 2.67. The molecule has 0 amide bonds. The lowest BCUT2D eigenvalue weighted by atomic mass is 9.79. The molecule has 2 rings (SSSR count). The highest BCUT2D eigenvalue weighted by Gasteiger charge is 2.20. The average molecular weight is 246 g/mol. The van der Waals surface area contributed by atoms with E-state index in [1.807, 2.05) is 0 Å². The minimum absolute atomic E-state index is 0.449. The number of rotatable bonds is 6. The quantitative estimate of drug-likeness (QED) is 0.829. The van der Waals surface area contributed by atoms with Gasteiger partial charge >= 0.3 is 0 Å². The average Bonchev–Trinajstić information content (AvgIpc) is 2.26. The molecule has 0 spiro atoms. The molecular weight excluding hydrogens is 220 g/mol. The summed E-state index contributed by atoms with van der Waals surface area (Å²) in [5.74, 6) is 0.826. The summed E-state index contributed by atoms with van der Waals surface area (Å²) in [6.45, 7) is 4.26. The highest BCUT2D eigenvalue weighted by molar-refractivity contribution is 5.30. The van der Waals surface area contributed by atoms with Crippen LogP contribution in [-0.4, -0.2) is 32.1 Å². The van der Waals surface area contributed by atoms with Crippen LogP contribution in [-0.2, 0) is 0 Å². The van der Waals surface area contributed by atoms with Crippen molar-refractivity contribution in [2.75, 3.05) is 27.2 Å². The summed E-state index contributed by atoms with van der Waals surface area (Å²) in [4.78, 5) is 2.25. The number of likely N-dealkylation sites (N-methyl/N-ethyl adjacent to an activating group) is 2. The van der Waals surface area contributed by atoms with E-state index in [2.05, 4.69) is 55.5 Å². The SMILES string of the molecule is CCNC(CN(C)C)c1cccc(C2CCC2)c1. The molecule has 0 radical (unpaired) electrons. The maximum atomic E-state index is 3.59. The van der Waals surface area contributed by atoms with E-state index in [1.54, 1.807) is 5.56 Å². The molecule has 2 heteroatoms. The molecule has 18 heavy (non-hydrogen) atoms. The third kappa shape index (κ3) is 3.33.